The van der Waals surface area contributed by atoms with Gasteiger partial charge in [-0.05, 0) is 30.3 Å². The van der Waals surface area contributed by atoms with Crippen molar-refractivity contribution in [1.82, 2.24) is 9.97 Å². The van der Waals surface area contributed by atoms with Crippen molar-refractivity contribution in [2.24, 2.45) is 0 Å². The first-order chi connectivity index (χ1) is 13.6. The third kappa shape index (κ3) is 3.45. The van der Waals surface area contributed by atoms with Crippen molar-refractivity contribution in [2.45, 2.75) is 6.54 Å². The molecule has 4 aromatic rings. The minimum absolute atomic E-state index is 0.0164. The van der Waals surface area contributed by atoms with Gasteiger partial charge in [0.15, 0.2) is 5.13 Å². The summed E-state index contributed by atoms with van der Waals surface area (Å²) < 4.78 is 0.930. The van der Waals surface area contributed by atoms with Crippen LogP contribution in [0, 0.1) is 10.1 Å². The van der Waals surface area contributed by atoms with Crippen LogP contribution in [0.25, 0.3) is 10.2 Å². The van der Waals surface area contributed by atoms with Crippen LogP contribution >= 0.6 is 11.3 Å². The van der Waals surface area contributed by atoms with Crippen LogP contribution in [0.4, 0.5) is 10.8 Å². The van der Waals surface area contributed by atoms with E-state index in [1.807, 2.05) is 30.3 Å². The van der Waals surface area contributed by atoms with E-state index in [0.717, 1.165) is 10.2 Å². The molecule has 2 aromatic carbocycles. The number of amides is 1. The monoisotopic (exact) mass is 390 g/mol. The summed E-state index contributed by atoms with van der Waals surface area (Å²) in [4.78, 5) is 34.4. The second kappa shape index (κ2) is 7.53. The van der Waals surface area contributed by atoms with Gasteiger partial charge in [-0.2, -0.15) is 0 Å². The summed E-state index contributed by atoms with van der Waals surface area (Å²) in [7, 11) is 0. The Morgan fingerprint density at radius 2 is 1.79 bits per heavy atom. The van der Waals surface area contributed by atoms with Gasteiger partial charge in [0, 0.05) is 12.3 Å². The molecule has 8 heteroatoms. The average molecular weight is 390 g/mol. The minimum Gasteiger partial charge on any atom is -0.278 e. The quantitative estimate of drug-likeness (QED) is 0.371. The molecule has 0 saturated carbocycles. The number of nitro groups is 1. The number of rotatable bonds is 5. The maximum absolute atomic E-state index is 13.3. The smallest absolute Gasteiger partial charge is 0.278 e. The third-order valence-corrected chi connectivity index (χ3v) is 5.20. The predicted molar refractivity (Wildman–Crippen MR) is 107 cm³/mol. The Bertz CT molecular complexity index is 1130. The molecule has 2 heterocycles. The maximum atomic E-state index is 13.3. The predicted octanol–water partition coefficient (Wildman–Crippen LogP) is 4.45. The number of aromatic nitrogens is 2. The van der Waals surface area contributed by atoms with Gasteiger partial charge in [0.2, 0.25) is 0 Å². The van der Waals surface area contributed by atoms with E-state index in [-0.39, 0.29) is 17.8 Å². The van der Waals surface area contributed by atoms with Gasteiger partial charge in [-0.15, -0.1) is 0 Å². The first-order valence-electron chi connectivity index (χ1n) is 8.44. The molecule has 0 aliphatic carbocycles. The van der Waals surface area contributed by atoms with E-state index in [1.165, 1.54) is 34.4 Å². The largest absolute Gasteiger partial charge is 0.282 e. The highest BCUT2D eigenvalue weighted by atomic mass is 32.1. The number of fused-ring (bicyclic) bond motifs is 1. The van der Waals surface area contributed by atoms with Crippen molar-refractivity contribution in [3.05, 3.63) is 94.3 Å². The molecular formula is C20H14N4O3S. The summed E-state index contributed by atoms with van der Waals surface area (Å²) >= 11 is 1.36. The number of benzene rings is 2. The molecule has 0 atom stereocenters. The van der Waals surface area contributed by atoms with Gasteiger partial charge in [-0.25, -0.2) is 4.98 Å². The standard InChI is InChI=1S/C20H14N4O3S/c25-19(15-8-1-3-10-17(15)24(26)27)23(13-14-7-5-6-12-21-14)20-22-16-9-2-4-11-18(16)28-20/h1-12H,13H2. The van der Waals surface area contributed by atoms with Crippen molar-refractivity contribution >= 4 is 38.3 Å². The molecule has 7 nitrogen and oxygen atoms in total. The number of carbonyl (C=O) groups excluding carboxylic acids is 1. The second-order valence-corrected chi connectivity index (χ2v) is 6.96. The third-order valence-electron chi connectivity index (χ3n) is 4.14. The van der Waals surface area contributed by atoms with Gasteiger partial charge in [0.05, 0.1) is 27.4 Å². The van der Waals surface area contributed by atoms with Crippen LogP contribution in [0.15, 0.2) is 72.9 Å². The number of nitro benzene ring substituents is 1. The number of hydrogen-bond acceptors (Lipinski definition) is 6. The molecule has 0 aliphatic rings. The van der Waals surface area contributed by atoms with E-state index in [9.17, 15) is 14.9 Å². The Morgan fingerprint density at radius 3 is 2.54 bits per heavy atom. The Kier molecular flexibility index (Phi) is 4.77. The fourth-order valence-electron chi connectivity index (χ4n) is 2.81. The highest BCUT2D eigenvalue weighted by Crippen LogP contribution is 2.31. The van der Waals surface area contributed by atoms with E-state index >= 15 is 0 Å². The summed E-state index contributed by atoms with van der Waals surface area (Å²) in [6.07, 6.45) is 1.64. The number of carbonyl (C=O) groups is 1. The molecular weight excluding hydrogens is 376 g/mol. The van der Waals surface area contributed by atoms with Gasteiger partial charge in [0.25, 0.3) is 11.6 Å². The lowest BCUT2D eigenvalue weighted by molar-refractivity contribution is -0.385. The molecule has 0 unspecified atom stereocenters. The molecule has 138 valence electrons. The summed E-state index contributed by atoms with van der Waals surface area (Å²) in [5.74, 6) is -0.489. The maximum Gasteiger partial charge on any atom is 0.282 e. The summed E-state index contributed by atoms with van der Waals surface area (Å²) in [6, 6.07) is 18.9. The Labute approximate surface area is 164 Å². The van der Waals surface area contributed by atoms with Crippen LogP contribution in [-0.4, -0.2) is 20.8 Å². The second-order valence-electron chi connectivity index (χ2n) is 5.95. The SMILES string of the molecule is O=C(c1ccccc1[N+](=O)[O-])N(Cc1ccccn1)c1nc2ccccc2s1. The molecule has 0 fully saturated rings. The van der Waals surface area contributed by atoms with E-state index in [1.54, 1.807) is 24.4 Å². The Morgan fingerprint density at radius 1 is 1.04 bits per heavy atom. The molecule has 0 saturated heterocycles. The molecule has 1 amide bonds. The van der Waals surface area contributed by atoms with Crippen molar-refractivity contribution in [2.75, 3.05) is 4.90 Å². The van der Waals surface area contributed by atoms with Crippen LogP contribution in [0.2, 0.25) is 0 Å². The van der Waals surface area contributed by atoms with Gasteiger partial charge >= 0.3 is 0 Å². The zero-order valence-electron chi connectivity index (χ0n) is 14.6. The topological polar surface area (TPSA) is 89.2 Å². The lowest BCUT2D eigenvalue weighted by atomic mass is 10.1. The zero-order chi connectivity index (χ0) is 19.5. The first kappa shape index (κ1) is 17.7. The van der Waals surface area contributed by atoms with Crippen LogP contribution in [-0.2, 0) is 6.54 Å². The van der Waals surface area contributed by atoms with Crippen molar-refractivity contribution in [1.29, 1.82) is 0 Å². The highest BCUT2D eigenvalue weighted by molar-refractivity contribution is 7.22. The van der Waals surface area contributed by atoms with E-state index < -0.39 is 10.8 Å². The van der Waals surface area contributed by atoms with Gasteiger partial charge in [-0.1, -0.05) is 41.7 Å². The van der Waals surface area contributed by atoms with Crippen LogP contribution < -0.4 is 4.90 Å². The van der Waals surface area contributed by atoms with Crippen molar-refractivity contribution in [3.8, 4) is 0 Å². The number of anilines is 1. The molecule has 28 heavy (non-hydrogen) atoms. The summed E-state index contributed by atoms with van der Waals surface area (Å²) in [5.41, 5.74) is 1.21. The Hall–Kier alpha value is -3.65. The van der Waals surface area contributed by atoms with Gasteiger partial charge < -0.3 is 0 Å². The van der Waals surface area contributed by atoms with Crippen LogP contribution in [0.5, 0.6) is 0 Å². The zero-order valence-corrected chi connectivity index (χ0v) is 15.4. The molecule has 0 radical (unpaired) electrons. The fraction of sp³-hybridized carbons (Fsp3) is 0.0500. The van der Waals surface area contributed by atoms with Crippen molar-refractivity contribution < 1.29 is 9.72 Å². The van der Waals surface area contributed by atoms with E-state index in [4.69, 9.17) is 0 Å². The number of para-hydroxylation sites is 2. The molecule has 2 aromatic heterocycles. The van der Waals surface area contributed by atoms with Gasteiger partial charge in [0.1, 0.15) is 5.56 Å². The fourth-order valence-corrected chi connectivity index (χ4v) is 3.78. The van der Waals surface area contributed by atoms with Crippen molar-refractivity contribution in [3.63, 3.8) is 0 Å². The van der Waals surface area contributed by atoms with E-state index in [0.29, 0.717) is 10.8 Å². The lowest BCUT2D eigenvalue weighted by Crippen LogP contribution is -2.31. The number of pyridine rings is 1. The van der Waals surface area contributed by atoms with Crippen LogP contribution in [0.3, 0.4) is 0 Å². The highest BCUT2D eigenvalue weighted by Gasteiger charge is 2.27. The summed E-state index contributed by atoms with van der Waals surface area (Å²) in [6.45, 7) is 0.158. The molecule has 0 N–H and O–H groups in total. The number of thiazole rings is 1. The number of hydrogen-bond donors (Lipinski definition) is 0. The first-order valence-corrected chi connectivity index (χ1v) is 9.26. The molecule has 0 spiro atoms. The number of nitrogens with zero attached hydrogens (tertiary/aromatic N) is 4. The van der Waals surface area contributed by atoms with Gasteiger partial charge in [-0.3, -0.25) is 24.8 Å². The summed E-state index contributed by atoms with van der Waals surface area (Å²) in [5, 5.41) is 11.9. The normalized spacial score (nSPS) is 10.7. The lowest BCUT2D eigenvalue weighted by Gasteiger charge is -2.19. The molecule has 4 rings (SSSR count). The Balaban J connectivity index is 1.81. The minimum atomic E-state index is -0.551. The van der Waals surface area contributed by atoms with Crippen LogP contribution in [0.1, 0.15) is 16.1 Å². The average Bonchev–Trinajstić information content (AvgIpc) is 3.16. The molecule has 0 aliphatic heterocycles. The molecule has 0 bridgehead atoms. The van der Waals surface area contributed by atoms with E-state index in [2.05, 4.69) is 9.97 Å².